The molecule has 0 aliphatic carbocycles. The molecule has 0 fully saturated rings. The lowest BCUT2D eigenvalue weighted by Crippen LogP contribution is -2.24. The second-order valence-electron chi connectivity index (χ2n) is 4.46. The molecule has 0 unspecified atom stereocenters. The molecule has 0 aliphatic heterocycles. The predicted molar refractivity (Wildman–Crippen MR) is 71.0 cm³/mol. The molecule has 0 atom stereocenters. The van der Waals surface area contributed by atoms with Gasteiger partial charge in [-0.3, -0.25) is 4.90 Å². The van der Waals surface area contributed by atoms with Crippen LogP contribution in [0.25, 0.3) is 5.65 Å². The second-order valence-corrected chi connectivity index (χ2v) is 4.46. The van der Waals surface area contributed by atoms with E-state index in [-0.39, 0.29) is 0 Å². The van der Waals surface area contributed by atoms with Crippen molar-refractivity contribution in [3.63, 3.8) is 0 Å². The second kappa shape index (κ2) is 5.15. The molecule has 2 aromatic rings. The van der Waals surface area contributed by atoms with Gasteiger partial charge in [-0.15, -0.1) is 0 Å². The molecule has 90 valence electrons. The Kier molecular flexibility index (Phi) is 3.59. The number of hydrogen-bond donors (Lipinski definition) is 0. The van der Waals surface area contributed by atoms with Gasteiger partial charge >= 0.3 is 0 Å². The zero-order valence-electron chi connectivity index (χ0n) is 10.6. The SMILES string of the molecule is C=C(C)CN(CC)Cc1cn2ccccc2n1. The van der Waals surface area contributed by atoms with Crippen LogP contribution in [0.15, 0.2) is 42.7 Å². The molecule has 3 nitrogen and oxygen atoms in total. The molecule has 0 N–H and O–H groups in total. The molecular weight excluding hydrogens is 210 g/mol. The van der Waals surface area contributed by atoms with E-state index in [1.165, 1.54) is 5.57 Å². The Balaban J connectivity index is 2.14. The van der Waals surface area contributed by atoms with Gasteiger partial charge in [0.05, 0.1) is 5.69 Å². The number of imidazole rings is 1. The molecule has 0 aromatic carbocycles. The number of pyridine rings is 1. The summed E-state index contributed by atoms with van der Waals surface area (Å²) in [5.74, 6) is 0. The van der Waals surface area contributed by atoms with Crippen LogP contribution in [0.2, 0.25) is 0 Å². The van der Waals surface area contributed by atoms with E-state index >= 15 is 0 Å². The highest BCUT2D eigenvalue weighted by Gasteiger charge is 2.07. The van der Waals surface area contributed by atoms with Gasteiger partial charge in [-0.2, -0.15) is 0 Å². The Morgan fingerprint density at radius 2 is 2.29 bits per heavy atom. The first kappa shape index (κ1) is 11.9. The van der Waals surface area contributed by atoms with E-state index in [0.717, 1.165) is 31.0 Å². The highest BCUT2D eigenvalue weighted by Crippen LogP contribution is 2.08. The average molecular weight is 229 g/mol. The largest absolute Gasteiger partial charge is 0.307 e. The topological polar surface area (TPSA) is 20.5 Å². The van der Waals surface area contributed by atoms with E-state index in [1.807, 2.05) is 24.4 Å². The summed E-state index contributed by atoms with van der Waals surface area (Å²) in [7, 11) is 0. The van der Waals surface area contributed by atoms with E-state index in [2.05, 4.69) is 40.9 Å². The molecule has 2 rings (SSSR count). The van der Waals surface area contributed by atoms with Crippen molar-refractivity contribution < 1.29 is 0 Å². The first-order valence-corrected chi connectivity index (χ1v) is 5.98. The van der Waals surface area contributed by atoms with Gasteiger partial charge in [0, 0.05) is 25.5 Å². The van der Waals surface area contributed by atoms with Crippen LogP contribution in [0, 0.1) is 0 Å². The fourth-order valence-corrected chi connectivity index (χ4v) is 1.95. The van der Waals surface area contributed by atoms with Crippen molar-refractivity contribution in [1.29, 1.82) is 0 Å². The van der Waals surface area contributed by atoms with Crippen LogP contribution in [-0.2, 0) is 6.54 Å². The molecule has 0 amide bonds. The molecule has 2 aromatic heterocycles. The zero-order chi connectivity index (χ0) is 12.3. The lowest BCUT2D eigenvalue weighted by atomic mass is 10.3. The van der Waals surface area contributed by atoms with Gasteiger partial charge < -0.3 is 4.40 Å². The smallest absolute Gasteiger partial charge is 0.137 e. The van der Waals surface area contributed by atoms with Crippen LogP contribution < -0.4 is 0 Å². The minimum absolute atomic E-state index is 0.880. The summed E-state index contributed by atoms with van der Waals surface area (Å²) in [5, 5.41) is 0. The molecule has 0 saturated carbocycles. The molecule has 0 saturated heterocycles. The van der Waals surface area contributed by atoms with Crippen molar-refractivity contribution in [2.75, 3.05) is 13.1 Å². The van der Waals surface area contributed by atoms with Gasteiger partial charge in [0.15, 0.2) is 0 Å². The maximum absolute atomic E-state index is 4.60. The monoisotopic (exact) mass is 229 g/mol. The van der Waals surface area contributed by atoms with Gasteiger partial charge in [0.25, 0.3) is 0 Å². The lowest BCUT2D eigenvalue weighted by Gasteiger charge is -2.18. The van der Waals surface area contributed by atoms with Crippen LogP contribution in [0.1, 0.15) is 19.5 Å². The summed E-state index contributed by atoms with van der Waals surface area (Å²) in [6.45, 7) is 11.0. The fourth-order valence-electron chi connectivity index (χ4n) is 1.95. The maximum atomic E-state index is 4.60. The standard InChI is InChI=1S/C14H19N3/c1-4-16(9-12(2)3)10-13-11-17-8-6-5-7-14(17)15-13/h5-8,11H,2,4,9-10H2,1,3H3. The Bertz CT molecular complexity index is 480. The highest BCUT2D eigenvalue weighted by atomic mass is 15.1. The molecule has 0 bridgehead atoms. The number of aromatic nitrogens is 2. The maximum Gasteiger partial charge on any atom is 0.137 e. The fraction of sp³-hybridized carbons (Fsp3) is 0.357. The lowest BCUT2D eigenvalue weighted by molar-refractivity contribution is 0.301. The Morgan fingerprint density at radius 1 is 1.47 bits per heavy atom. The number of fused-ring (bicyclic) bond motifs is 1. The summed E-state index contributed by atoms with van der Waals surface area (Å²) in [6, 6.07) is 6.06. The van der Waals surface area contributed by atoms with Gasteiger partial charge in [-0.25, -0.2) is 4.98 Å². The van der Waals surface area contributed by atoms with E-state index in [1.54, 1.807) is 0 Å². The average Bonchev–Trinajstić information content (AvgIpc) is 2.69. The number of hydrogen-bond acceptors (Lipinski definition) is 2. The minimum atomic E-state index is 0.880. The summed E-state index contributed by atoms with van der Waals surface area (Å²) in [5.41, 5.74) is 3.31. The van der Waals surface area contributed by atoms with Gasteiger partial charge in [0.2, 0.25) is 0 Å². The van der Waals surface area contributed by atoms with Crippen LogP contribution in [0.3, 0.4) is 0 Å². The third kappa shape index (κ3) is 2.94. The first-order valence-electron chi connectivity index (χ1n) is 5.98. The molecule has 3 heteroatoms. The zero-order valence-corrected chi connectivity index (χ0v) is 10.6. The molecule has 2 heterocycles. The summed E-state index contributed by atoms with van der Waals surface area (Å²) < 4.78 is 2.06. The minimum Gasteiger partial charge on any atom is -0.307 e. The van der Waals surface area contributed by atoms with Crippen molar-refractivity contribution in [1.82, 2.24) is 14.3 Å². The van der Waals surface area contributed by atoms with E-state index < -0.39 is 0 Å². The van der Waals surface area contributed by atoms with E-state index in [0.29, 0.717) is 0 Å². The summed E-state index contributed by atoms with van der Waals surface area (Å²) in [6.07, 6.45) is 4.12. The van der Waals surface area contributed by atoms with Crippen LogP contribution in [0.5, 0.6) is 0 Å². The molecule has 17 heavy (non-hydrogen) atoms. The quantitative estimate of drug-likeness (QED) is 0.735. The van der Waals surface area contributed by atoms with E-state index in [9.17, 15) is 0 Å². The third-order valence-corrected chi connectivity index (χ3v) is 2.74. The number of likely N-dealkylation sites (N-methyl/N-ethyl adjacent to an activating group) is 1. The number of rotatable bonds is 5. The van der Waals surface area contributed by atoms with Crippen molar-refractivity contribution in [3.05, 3.63) is 48.4 Å². The van der Waals surface area contributed by atoms with Crippen molar-refractivity contribution in [2.24, 2.45) is 0 Å². The Morgan fingerprint density at radius 3 is 2.94 bits per heavy atom. The van der Waals surface area contributed by atoms with Gasteiger partial charge in [-0.1, -0.05) is 25.1 Å². The molecular formula is C14H19N3. The van der Waals surface area contributed by atoms with Gasteiger partial charge in [-0.05, 0) is 25.6 Å². The van der Waals surface area contributed by atoms with Crippen LogP contribution in [-0.4, -0.2) is 27.4 Å². The van der Waals surface area contributed by atoms with Crippen molar-refractivity contribution >= 4 is 5.65 Å². The van der Waals surface area contributed by atoms with Crippen molar-refractivity contribution in [3.8, 4) is 0 Å². The molecule has 0 aliphatic rings. The first-order chi connectivity index (χ1) is 8.19. The Labute approximate surface area is 102 Å². The van der Waals surface area contributed by atoms with Crippen LogP contribution in [0.4, 0.5) is 0 Å². The van der Waals surface area contributed by atoms with E-state index in [4.69, 9.17) is 0 Å². The molecule has 0 radical (unpaired) electrons. The van der Waals surface area contributed by atoms with Crippen LogP contribution >= 0.6 is 0 Å². The summed E-state index contributed by atoms with van der Waals surface area (Å²) in [4.78, 5) is 6.94. The van der Waals surface area contributed by atoms with Crippen molar-refractivity contribution in [2.45, 2.75) is 20.4 Å². The molecule has 0 spiro atoms. The van der Waals surface area contributed by atoms with Gasteiger partial charge in [0.1, 0.15) is 5.65 Å². The number of nitrogens with zero attached hydrogens (tertiary/aromatic N) is 3. The Hall–Kier alpha value is -1.61. The predicted octanol–water partition coefficient (Wildman–Crippen LogP) is 2.73. The highest BCUT2D eigenvalue weighted by molar-refractivity contribution is 5.39. The summed E-state index contributed by atoms with van der Waals surface area (Å²) >= 11 is 0. The third-order valence-electron chi connectivity index (χ3n) is 2.74. The normalized spacial score (nSPS) is 11.2.